The van der Waals surface area contributed by atoms with Crippen molar-refractivity contribution in [2.75, 3.05) is 71.2 Å². The lowest BCUT2D eigenvalue weighted by molar-refractivity contribution is -0.139. The summed E-state index contributed by atoms with van der Waals surface area (Å²) in [5.74, 6) is -2.58. The van der Waals surface area contributed by atoms with Crippen LogP contribution in [0.3, 0.4) is 0 Å². The van der Waals surface area contributed by atoms with Gasteiger partial charge < -0.3 is 63.1 Å². The summed E-state index contributed by atoms with van der Waals surface area (Å²) in [6.07, 6.45) is 9.61. The second-order valence-electron chi connectivity index (χ2n) is 24.8. The lowest BCUT2D eigenvalue weighted by Gasteiger charge is -2.32. The molecule has 21 nitrogen and oxygen atoms in total. The number of carbonyl (C=O) groups is 9. The standard InChI is InChI=1S/C69H92N12O9S/c70-30-11-3-8-17-55-39-79(65(86)20-12-31-71)44-63(84)75-56(33-48-13-4-1-5-14-48)40-78(43-61(72)82)66(87)29-32-91-47-52-25-27-53(28-26-52)69(90)77-57(34-49-15-6-2-7-16-49)41-80(67(88)35-50-21-22-50)46-64(85)76-58(37-54-38-73-60-19-10-9-18-59(54)60)42-81(45-62(83)74-55)68(89)36-51-23-24-51/h1-2,4-7,9-10,13-16,18-19,25-28,38,50-51,55-58,73H,3,8,11-12,17,20-24,29-37,39-47,70-71H2,(H2,72,82)(H,74,83)(H,75,84)(H,76,85)(H,77,90)/t55-,56-,57-,58-/m0/s1. The van der Waals surface area contributed by atoms with E-state index in [1.54, 1.807) is 12.1 Å². The highest BCUT2D eigenvalue weighted by atomic mass is 32.2. The number of thioether (sulfide) groups is 1. The van der Waals surface area contributed by atoms with Crippen LogP contribution in [-0.4, -0.2) is 173 Å². The molecule has 2 fully saturated rings. The van der Waals surface area contributed by atoms with Crippen molar-refractivity contribution in [3.05, 3.63) is 143 Å². The van der Waals surface area contributed by atoms with E-state index in [1.165, 1.54) is 31.4 Å². The SMILES string of the molecule is NCCCCC[C@H]1CN(C(=O)CCCN)CC(=O)N[C@@H](Cc2ccccc2)CN(CC(N)=O)C(=O)CCSCc2ccc(cc2)C(=O)N[C@@H](Cc2ccccc2)CN(C(=O)CC2CC2)CC(=O)N[C@@H](Cc2c[nH]c3ccccc23)CN(C(=O)CC2CC2)CC(=O)N1. The molecule has 2 aliphatic carbocycles. The van der Waals surface area contributed by atoms with Crippen molar-refractivity contribution in [3.8, 4) is 0 Å². The zero-order valence-corrected chi connectivity index (χ0v) is 53.2. The smallest absolute Gasteiger partial charge is 0.251 e. The number of hydrogen-bond donors (Lipinski definition) is 8. The summed E-state index contributed by atoms with van der Waals surface area (Å²) >= 11 is 1.50. The molecule has 9 amide bonds. The number of para-hydroxylation sites is 1. The number of nitrogens with zero attached hydrogens (tertiary/aromatic N) is 4. The number of amides is 9. The fourth-order valence-corrected chi connectivity index (χ4v) is 12.6. The summed E-state index contributed by atoms with van der Waals surface area (Å²) in [6.45, 7) is -1.04. The number of benzene rings is 4. The van der Waals surface area contributed by atoms with Gasteiger partial charge in [0.25, 0.3) is 5.91 Å². The summed E-state index contributed by atoms with van der Waals surface area (Å²) in [4.78, 5) is 137. The molecule has 488 valence electrons. The van der Waals surface area contributed by atoms with Crippen LogP contribution in [0.15, 0.2) is 115 Å². The van der Waals surface area contributed by atoms with E-state index >= 15 is 0 Å². The Labute approximate surface area is 538 Å². The molecule has 2 aliphatic heterocycles. The van der Waals surface area contributed by atoms with Gasteiger partial charge in [-0.2, -0.15) is 11.8 Å². The number of nitrogens with one attached hydrogen (secondary N) is 5. The Morgan fingerprint density at radius 1 is 0.538 bits per heavy atom. The predicted molar refractivity (Wildman–Crippen MR) is 353 cm³/mol. The van der Waals surface area contributed by atoms with E-state index in [-0.39, 0.29) is 126 Å². The fourth-order valence-electron chi connectivity index (χ4n) is 11.7. The molecular formula is C69H92N12O9S. The summed E-state index contributed by atoms with van der Waals surface area (Å²) in [5, 5.41) is 13.5. The van der Waals surface area contributed by atoms with E-state index in [9.17, 15) is 43.2 Å². The number of primary amides is 1. The molecule has 91 heavy (non-hydrogen) atoms. The second kappa shape index (κ2) is 35.5. The van der Waals surface area contributed by atoms with Crippen LogP contribution in [-0.2, 0) is 63.4 Å². The number of rotatable bonds is 20. The maximum atomic E-state index is 14.9. The highest BCUT2D eigenvalue weighted by Crippen LogP contribution is 2.34. The third kappa shape index (κ3) is 23.6. The Balaban J connectivity index is 1.14. The minimum absolute atomic E-state index is 0.0188. The van der Waals surface area contributed by atoms with E-state index in [2.05, 4.69) is 26.3 Å². The van der Waals surface area contributed by atoms with Gasteiger partial charge in [0.05, 0.1) is 44.3 Å². The van der Waals surface area contributed by atoms with Crippen LogP contribution in [0.2, 0.25) is 0 Å². The number of carbonyl (C=O) groups excluding carboxylic acids is 9. The number of nitrogens with two attached hydrogens (primary N) is 3. The molecule has 0 unspecified atom stereocenters. The molecule has 0 radical (unpaired) electrons. The second-order valence-corrected chi connectivity index (χ2v) is 25.9. The molecule has 0 spiro atoms. The first-order valence-electron chi connectivity index (χ1n) is 32.4. The van der Waals surface area contributed by atoms with Crippen molar-refractivity contribution in [2.24, 2.45) is 29.0 Å². The van der Waals surface area contributed by atoms with E-state index in [0.717, 1.165) is 71.7 Å². The summed E-state index contributed by atoms with van der Waals surface area (Å²) in [5.41, 5.74) is 22.4. The monoisotopic (exact) mass is 1260 g/mol. The number of aromatic amines is 1. The molecule has 9 rings (SSSR count). The average molecular weight is 1270 g/mol. The number of hydrogen-bond acceptors (Lipinski definition) is 12. The van der Waals surface area contributed by atoms with Gasteiger partial charge in [-0.05, 0) is 130 Å². The quantitative estimate of drug-likeness (QED) is 0.0387. The van der Waals surface area contributed by atoms with E-state index in [1.807, 2.05) is 103 Å². The predicted octanol–water partition coefficient (Wildman–Crippen LogP) is 4.74. The third-order valence-electron chi connectivity index (χ3n) is 16.9. The Hall–Kier alpha value is -8.08. The van der Waals surface area contributed by atoms with Gasteiger partial charge in [-0.3, -0.25) is 43.2 Å². The van der Waals surface area contributed by atoms with E-state index in [4.69, 9.17) is 17.2 Å². The molecule has 4 aromatic carbocycles. The van der Waals surface area contributed by atoms with Gasteiger partial charge in [0, 0.05) is 92.1 Å². The van der Waals surface area contributed by atoms with Crippen LogP contribution in [0.1, 0.15) is 116 Å². The van der Waals surface area contributed by atoms with E-state index < -0.39 is 60.9 Å². The van der Waals surface area contributed by atoms with Crippen molar-refractivity contribution in [1.29, 1.82) is 0 Å². The van der Waals surface area contributed by atoms with Gasteiger partial charge in [-0.25, -0.2) is 0 Å². The first-order chi connectivity index (χ1) is 44.1. The zero-order chi connectivity index (χ0) is 64.5. The largest absolute Gasteiger partial charge is 0.368 e. The first kappa shape index (κ1) is 68.8. The summed E-state index contributed by atoms with van der Waals surface area (Å²) < 4.78 is 0. The molecule has 0 saturated heterocycles. The number of unbranched alkanes of at least 4 members (excludes halogenated alkanes) is 2. The van der Waals surface area contributed by atoms with Crippen LogP contribution < -0.4 is 38.5 Å². The molecule has 4 aliphatic rings. The Morgan fingerprint density at radius 3 is 1.62 bits per heavy atom. The highest BCUT2D eigenvalue weighted by Gasteiger charge is 2.34. The molecule has 11 N–H and O–H groups in total. The van der Waals surface area contributed by atoms with Crippen molar-refractivity contribution < 1.29 is 43.2 Å². The normalized spacial score (nSPS) is 20.2. The van der Waals surface area contributed by atoms with Gasteiger partial charge in [0.15, 0.2) is 0 Å². The van der Waals surface area contributed by atoms with E-state index in [0.29, 0.717) is 49.3 Å². The zero-order valence-electron chi connectivity index (χ0n) is 52.3. The van der Waals surface area contributed by atoms with Crippen molar-refractivity contribution >= 4 is 75.8 Å². The van der Waals surface area contributed by atoms with Gasteiger partial charge in [-0.1, -0.05) is 104 Å². The third-order valence-corrected chi connectivity index (χ3v) is 17.9. The molecule has 1 aromatic heterocycles. The molecule has 4 atom stereocenters. The molecule has 22 heteroatoms. The minimum atomic E-state index is -0.758. The summed E-state index contributed by atoms with van der Waals surface area (Å²) in [6, 6.07) is 31.1. The van der Waals surface area contributed by atoms with Crippen LogP contribution in [0.4, 0.5) is 0 Å². The molecule has 3 heterocycles. The molecule has 2 bridgehead atoms. The minimum Gasteiger partial charge on any atom is -0.368 e. The highest BCUT2D eigenvalue weighted by molar-refractivity contribution is 7.98. The topological polar surface area (TPSA) is 309 Å². The molecule has 2 saturated carbocycles. The number of aromatic nitrogens is 1. The first-order valence-corrected chi connectivity index (χ1v) is 33.5. The number of H-pyrrole nitrogens is 1. The number of fused-ring (bicyclic) bond motifs is 30. The molecule has 5 aromatic rings. The van der Waals surface area contributed by atoms with Crippen molar-refractivity contribution in [1.82, 2.24) is 45.9 Å². The van der Waals surface area contributed by atoms with Gasteiger partial charge in [0.1, 0.15) is 0 Å². The summed E-state index contributed by atoms with van der Waals surface area (Å²) in [7, 11) is 0. The van der Waals surface area contributed by atoms with Crippen LogP contribution in [0.5, 0.6) is 0 Å². The Kier molecular flexibility index (Phi) is 26.8. The van der Waals surface area contributed by atoms with Gasteiger partial charge >= 0.3 is 0 Å². The van der Waals surface area contributed by atoms with Gasteiger partial charge in [0.2, 0.25) is 47.3 Å². The molecular weight excluding hydrogens is 1170 g/mol. The van der Waals surface area contributed by atoms with Crippen molar-refractivity contribution in [3.63, 3.8) is 0 Å². The maximum Gasteiger partial charge on any atom is 0.251 e. The van der Waals surface area contributed by atoms with Crippen molar-refractivity contribution in [2.45, 2.75) is 133 Å². The van der Waals surface area contributed by atoms with Crippen LogP contribution in [0.25, 0.3) is 10.9 Å². The van der Waals surface area contributed by atoms with Crippen LogP contribution in [0, 0.1) is 11.8 Å². The fraction of sp³-hybridized carbons (Fsp3) is 0.493. The average Bonchev–Trinajstić information content (AvgIpc) is 1.90. The van der Waals surface area contributed by atoms with Gasteiger partial charge in [-0.15, -0.1) is 0 Å². The lowest BCUT2D eigenvalue weighted by Crippen LogP contribution is -2.55. The van der Waals surface area contributed by atoms with Crippen LogP contribution >= 0.6 is 11.8 Å². The Morgan fingerprint density at radius 2 is 1.05 bits per heavy atom. The Bertz CT molecular complexity index is 3220. The maximum absolute atomic E-state index is 14.9. The lowest BCUT2D eigenvalue weighted by atomic mass is 10.0.